The van der Waals surface area contributed by atoms with E-state index in [-0.39, 0.29) is 16.9 Å². The van der Waals surface area contributed by atoms with Crippen LogP contribution in [-0.4, -0.2) is 41.2 Å². The summed E-state index contributed by atoms with van der Waals surface area (Å²) in [7, 11) is 0. The highest BCUT2D eigenvalue weighted by Crippen LogP contribution is 2.34. The number of phenols is 1. The van der Waals surface area contributed by atoms with Gasteiger partial charge < -0.3 is 18.8 Å². The maximum absolute atomic E-state index is 12.9. The fraction of sp³-hybridized carbons (Fsp3) is 0.179. The lowest BCUT2D eigenvalue weighted by atomic mass is 9.99. The van der Waals surface area contributed by atoms with Crippen LogP contribution in [0.3, 0.4) is 0 Å². The first-order chi connectivity index (χ1) is 18.0. The molecule has 0 spiro atoms. The quantitative estimate of drug-likeness (QED) is 0.315. The summed E-state index contributed by atoms with van der Waals surface area (Å²) in [4.78, 5) is 34.4. The summed E-state index contributed by atoms with van der Waals surface area (Å²) in [6.07, 6.45) is 1.78. The first kappa shape index (κ1) is 23.4. The van der Waals surface area contributed by atoms with E-state index >= 15 is 0 Å². The maximum Gasteiger partial charge on any atom is 0.344 e. The molecule has 5 aromatic rings. The fourth-order valence-corrected chi connectivity index (χ4v) is 5.21. The van der Waals surface area contributed by atoms with Crippen molar-refractivity contribution < 1.29 is 13.9 Å². The molecule has 1 aliphatic rings. The third-order valence-corrected chi connectivity index (χ3v) is 7.20. The van der Waals surface area contributed by atoms with Crippen molar-refractivity contribution in [2.24, 2.45) is 0 Å². The first-order valence-corrected chi connectivity index (χ1v) is 12.7. The van der Waals surface area contributed by atoms with Gasteiger partial charge in [-0.05, 0) is 48.5 Å². The average molecular weight is 560 g/mol. The van der Waals surface area contributed by atoms with Gasteiger partial charge in [-0.1, -0.05) is 22.0 Å². The van der Waals surface area contributed by atoms with Crippen LogP contribution in [0.5, 0.6) is 5.75 Å². The topological polar surface area (TPSA) is 100 Å². The van der Waals surface area contributed by atoms with Gasteiger partial charge in [0.05, 0.1) is 11.1 Å². The van der Waals surface area contributed by atoms with E-state index in [4.69, 9.17) is 8.83 Å². The van der Waals surface area contributed by atoms with Crippen molar-refractivity contribution in [3.05, 3.63) is 97.7 Å². The Balaban J connectivity index is 1.38. The molecule has 37 heavy (non-hydrogen) atoms. The van der Waals surface area contributed by atoms with Gasteiger partial charge >= 0.3 is 11.3 Å². The van der Waals surface area contributed by atoms with Crippen LogP contribution in [0, 0.1) is 0 Å². The highest BCUT2D eigenvalue weighted by atomic mass is 79.9. The highest BCUT2D eigenvalue weighted by Gasteiger charge is 2.22. The molecule has 0 atom stereocenters. The zero-order valence-electron chi connectivity index (χ0n) is 19.7. The molecule has 0 saturated carbocycles. The van der Waals surface area contributed by atoms with Gasteiger partial charge in [0.2, 0.25) is 0 Å². The summed E-state index contributed by atoms with van der Waals surface area (Å²) < 4.78 is 12.0. The van der Waals surface area contributed by atoms with Gasteiger partial charge in [0.15, 0.2) is 0 Å². The molecule has 1 aliphatic heterocycles. The zero-order valence-corrected chi connectivity index (χ0v) is 21.3. The molecule has 9 heteroatoms. The minimum Gasteiger partial charge on any atom is -0.507 e. The number of phenolic OH excluding ortho intramolecular Hbond substituents is 1. The van der Waals surface area contributed by atoms with E-state index in [0.717, 1.165) is 41.9 Å². The third-order valence-electron chi connectivity index (χ3n) is 6.70. The zero-order chi connectivity index (χ0) is 25.5. The highest BCUT2D eigenvalue weighted by molar-refractivity contribution is 9.10. The van der Waals surface area contributed by atoms with Gasteiger partial charge in [-0.3, -0.25) is 4.90 Å². The molecule has 4 heterocycles. The van der Waals surface area contributed by atoms with Gasteiger partial charge in [-0.25, -0.2) is 14.6 Å². The molecule has 2 aromatic carbocycles. The maximum atomic E-state index is 12.9. The van der Waals surface area contributed by atoms with E-state index in [9.17, 15) is 14.7 Å². The van der Waals surface area contributed by atoms with Gasteiger partial charge in [-0.15, -0.1) is 0 Å². The smallest absolute Gasteiger partial charge is 0.344 e. The van der Waals surface area contributed by atoms with Crippen molar-refractivity contribution in [3.63, 3.8) is 0 Å². The van der Waals surface area contributed by atoms with E-state index in [1.807, 2.05) is 24.3 Å². The van der Waals surface area contributed by atoms with Crippen molar-refractivity contribution in [2.75, 3.05) is 31.1 Å². The van der Waals surface area contributed by atoms with Gasteiger partial charge in [0, 0.05) is 65.8 Å². The monoisotopic (exact) mass is 559 g/mol. The Kier molecular flexibility index (Phi) is 6.02. The predicted molar refractivity (Wildman–Crippen MR) is 145 cm³/mol. The predicted octanol–water partition coefficient (Wildman–Crippen LogP) is 4.75. The number of nitrogens with zero attached hydrogens (tertiary/aromatic N) is 3. The van der Waals surface area contributed by atoms with Crippen molar-refractivity contribution in [1.82, 2.24) is 9.88 Å². The van der Waals surface area contributed by atoms with E-state index in [2.05, 4.69) is 30.7 Å². The molecule has 0 unspecified atom stereocenters. The van der Waals surface area contributed by atoms with Crippen molar-refractivity contribution >= 4 is 43.7 Å². The summed E-state index contributed by atoms with van der Waals surface area (Å²) in [5.74, 6) is 0.974. The van der Waals surface area contributed by atoms with Crippen LogP contribution < -0.4 is 16.2 Å². The number of hydrogen-bond donors (Lipinski definition) is 1. The number of pyridine rings is 1. The number of anilines is 1. The Hall–Kier alpha value is -3.95. The van der Waals surface area contributed by atoms with Crippen LogP contribution in [0.25, 0.3) is 33.1 Å². The second-order valence-electron chi connectivity index (χ2n) is 9.00. The molecule has 186 valence electrons. The largest absolute Gasteiger partial charge is 0.507 e. The summed E-state index contributed by atoms with van der Waals surface area (Å²) in [6.45, 7) is 3.46. The lowest BCUT2D eigenvalue weighted by molar-refractivity contribution is 0.246. The SMILES string of the molecule is O=c1cc(-c2cc3cc(Br)ccc3oc2=O)c2ccc(O)c(CN3CCN(c4ccccn4)CC3)c2o1. The second kappa shape index (κ2) is 9.49. The molecular formula is C28H22BrN3O5. The number of benzene rings is 2. The summed E-state index contributed by atoms with van der Waals surface area (Å²) in [5, 5.41) is 12.0. The molecule has 0 amide bonds. The van der Waals surface area contributed by atoms with Crippen molar-refractivity contribution in [2.45, 2.75) is 6.54 Å². The Morgan fingerprint density at radius 3 is 2.54 bits per heavy atom. The molecule has 0 radical (unpaired) electrons. The summed E-state index contributed by atoms with van der Waals surface area (Å²) in [6, 6.07) is 17.5. The standard InChI is InChI=1S/C28H22BrN3O5/c29-18-4-7-24-17(13-18)14-21(28(35)36-24)20-15-26(34)37-27-19(20)5-6-23(33)22(27)16-31-9-11-32(12-10-31)25-3-1-2-8-30-25/h1-8,13-15,33H,9-12,16H2. The number of piperazine rings is 1. The van der Waals surface area contributed by atoms with Crippen LogP contribution in [0.15, 0.2) is 89.8 Å². The Bertz CT molecular complexity index is 1740. The fourth-order valence-electron chi connectivity index (χ4n) is 4.83. The molecular weight excluding hydrogens is 538 g/mol. The number of rotatable bonds is 4. The Labute approximate surface area is 219 Å². The van der Waals surface area contributed by atoms with Crippen LogP contribution in [0.2, 0.25) is 0 Å². The van der Waals surface area contributed by atoms with E-state index in [0.29, 0.717) is 28.6 Å². The molecule has 1 N–H and O–H groups in total. The molecule has 1 saturated heterocycles. The summed E-state index contributed by atoms with van der Waals surface area (Å²) in [5.41, 5.74) is 0.726. The van der Waals surface area contributed by atoms with Crippen molar-refractivity contribution in [1.29, 1.82) is 0 Å². The lowest BCUT2D eigenvalue weighted by Crippen LogP contribution is -2.46. The molecule has 1 fully saturated rings. The Morgan fingerprint density at radius 2 is 1.76 bits per heavy atom. The Morgan fingerprint density at radius 1 is 0.919 bits per heavy atom. The number of halogens is 1. The normalized spacial score (nSPS) is 14.5. The number of aromatic nitrogens is 1. The molecule has 6 rings (SSSR count). The van der Waals surface area contributed by atoms with Gasteiger partial charge in [0.25, 0.3) is 0 Å². The molecule has 0 bridgehead atoms. The average Bonchev–Trinajstić information content (AvgIpc) is 2.91. The molecule has 3 aromatic heterocycles. The first-order valence-electron chi connectivity index (χ1n) is 11.9. The molecule has 8 nitrogen and oxygen atoms in total. The van der Waals surface area contributed by atoms with Gasteiger partial charge in [0.1, 0.15) is 22.7 Å². The minimum absolute atomic E-state index is 0.0365. The number of fused-ring (bicyclic) bond motifs is 2. The van der Waals surface area contributed by atoms with Crippen molar-refractivity contribution in [3.8, 4) is 16.9 Å². The van der Waals surface area contributed by atoms with E-state index < -0.39 is 11.3 Å². The lowest BCUT2D eigenvalue weighted by Gasteiger charge is -2.35. The summed E-state index contributed by atoms with van der Waals surface area (Å²) >= 11 is 3.44. The van der Waals surface area contributed by atoms with Crippen LogP contribution in [-0.2, 0) is 6.54 Å². The number of hydrogen-bond acceptors (Lipinski definition) is 8. The molecule has 0 aliphatic carbocycles. The third kappa shape index (κ3) is 4.52. The van der Waals surface area contributed by atoms with E-state index in [1.165, 1.54) is 6.07 Å². The van der Waals surface area contributed by atoms with E-state index in [1.54, 1.807) is 36.5 Å². The number of aromatic hydroxyl groups is 1. The van der Waals surface area contributed by atoms with Crippen LogP contribution in [0.1, 0.15) is 5.56 Å². The van der Waals surface area contributed by atoms with Crippen LogP contribution in [0.4, 0.5) is 5.82 Å². The second-order valence-corrected chi connectivity index (χ2v) is 9.92. The van der Waals surface area contributed by atoms with Gasteiger partial charge in [-0.2, -0.15) is 0 Å². The van der Waals surface area contributed by atoms with Crippen LogP contribution >= 0.6 is 15.9 Å². The minimum atomic E-state index is -0.608.